The minimum absolute atomic E-state index is 0.00528. The zero-order valence-corrected chi connectivity index (χ0v) is 20.6. The number of methoxy groups -OCH3 is 1. The molecule has 0 bridgehead atoms. The molecule has 14 heteroatoms. The number of hydrogen-bond donors (Lipinski definition) is 1. The van der Waals surface area contributed by atoms with Gasteiger partial charge < -0.3 is 34.1 Å². The van der Waals surface area contributed by atoms with E-state index in [0.717, 1.165) is 0 Å². The van der Waals surface area contributed by atoms with Gasteiger partial charge in [0.25, 0.3) is 11.1 Å². The Labute approximate surface area is 212 Å². The van der Waals surface area contributed by atoms with Gasteiger partial charge in [-0.25, -0.2) is 9.18 Å². The van der Waals surface area contributed by atoms with Crippen LogP contribution in [0.1, 0.15) is 0 Å². The first-order chi connectivity index (χ1) is 17.3. The van der Waals surface area contributed by atoms with E-state index in [0.29, 0.717) is 63.5 Å². The van der Waals surface area contributed by atoms with Gasteiger partial charge in [0.05, 0.1) is 44.3 Å². The first kappa shape index (κ1) is 27.7. The van der Waals surface area contributed by atoms with E-state index in [9.17, 15) is 22.8 Å². The molecular formula is C22H29F3N4O6S. The lowest BCUT2D eigenvalue weighted by molar-refractivity contribution is -0.132. The van der Waals surface area contributed by atoms with Gasteiger partial charge in [0.2, 0.25) is 0 Å². The molecule has 0 saturated carbocycles. The van der Waals surface area contributed by atoms with Crippen molar-refractivity contribution in [1.29, 1.82) is 0 Å². The molecule has 2 aliphatic heterocycles. The minimum atomic E-state index is -3.16. The number of anilines is 2. The van der Waals surface area contributed by atoms with Crippen molar-refractivity contribution in [3.05, 3.63) is 24.0 Å². The molecule has 1 aromatic carbocycles. The lowest BCUT2D eigenvalue weighted by Gasteiger charge is -2.37. The van der Waals surface area contributed by atoms with E-state index in [1.807, 2.05) is 15.1 Å². The quantitative estimate of drug-likeness (QED) is 0.336. The van der Waals surface area contributed by atoms with Gasteiger partial charge in [-0.15, -0.1) is 0 Å². The van der Waals surface area contributed by atoms with Gasteiger partial charge in [-0.2, -0.15) is 8.78 Å². The SMILES string of the molecule is COCCOCCOC(=S)N1CCN(c2ccc(N3C[C@H](CNC(=O)C(F)F)OC3=O)cc2F)CC1. The Balaban J connectivity index is 1.47. The molecule has 2 amide bonds. The maximum Gasteiger partial charge on any atom is 0.414 e. The second-order valence-electron chi connectivity index (χ2n) is 7.99. The number of carbonyl (C=O) groups is 2. The Morgan fingerprint density at radius 1 is 1.19 bits per heavy atom. The highest BCUT2D eigenvalue weighted by atomic mass is 32.1. The number of nitrogens with zero attached hydrogens (tertiary/aromatic N) is 3. The van der Waals surface area contributed by atoms with Crippen molar-refractivity contribution in [3.8, 4) is 0 Å². The Kier molecular flexibility index (Phi) is 10.4. The second-order valence-corrected chi connectivity index (χ2v) is 8.34. The van der Waals surface area contributed by atoms with E-state index in [2.05, 4.69) is 0 Å². The first-order valence-electron chi connectivity index (χ1n) is 11.4. The zero-order chi connectivity index (χ0) is 26.1. The molecule has 10 nitrogen and oxygen atoms in total. The summed E-state index contributed by atoms with van der Waals surface area (Å²) in [5, 5.41) is 2.37. The zero-order valence-electron chi connectivity index (χ0n) is 19.8. The third kappa shape index (κ3) is 7.58. The Morgan fingerprint density at radius 3 is 2.58 bits per heavy atom. The van der Waals surface area contributed by atoms with Crippen LogP contribution in [0.3, 0.4) is 0 Å². The maximum atomic E-state index is 15.0. The summed E-state index contributed by atoms with van der Waals surface area (Å²) >= 11 is 5.32. The molecule has 2 aliphatic rings. The molecule has 1 N–H and O–H groups in total. The van der Waals surface area contributed by atoms with Crippen LogP contribution in [0.25, 0.3) is 0 Å². The summed E-state index contributed by atoms with van der Waals surface area (Å²) in [6.07, 6.45) is -4.72. The maximum absolute atomic E-state index is 15.0. The summed E-state index contributed by atoms with van der Waals surface area (Å²) in [6, 6.07) is 4.38. The number of carbonyl (C=O) groups excluding carboxylic acids is 2. The Hall–Kier alpha value is -2.84. The van der Waals surface area contributed by atoms with Gasteiger partial charge in [0.15, 0.2) is 0 Å². The molecule has 36 heavy (non-hydrogen) atoms. The number of alkyl halides is 2. The topological polar surface area (TPSA) is 92.8 Å². The van der Waals surface area contributed by atoms with Gasteiger partial charge in [-0.3, -0.25) is 9.69 Å². The fourth-order valence-corrected chi connectivity index (χ4v) is 3.97. The van der Waals surface area contributed by atoms with Gasteiger partial charge in [-0.05, 0) is 30.4 Å². The summed E-state index contributed by atoms with van der Waals surface area (Å²) in [5.74, 6) is -1.96. The number of amides is 2. The lowest BCUT2D eigenvalue weighted by Crippen LogP contribution is -2.49. The molecule has 3 rings (SSSR count). The van der Waals surface area contributed by atoms with Crippen molar-refractivity contribution in [2.45, 2.75) is 12.5 Å². The molecule has 2 fully saturated rings. The van der Waals surface area contributed by atoms with E-state index in [4.69, 9.17) is 31.2 Å². The molecular weight excluding hydrogens is 505 g/mol. The highest BCUT2D eigenvalue weighted by Gasteiger charge is 2.33. The van der Waals surface area contributed by atoms with Gasteiger partial charge in [0.1, 0.15) is 18.5 Å². The van der Waals surface area contributed by atoms with Gasteiger partial charge in [0, 0.05) is 33.3 Å². The van der Waals surface area contributed by atoms with Crippen molar-refractivity contribution in [3.63, 3.8) is 0 Å². The Bertz CT molecular complexity index is 920. The third-order valence-electron chi connectivity index (χ3n) is 5.58. The molecule has 200 valence electrons. The van der Waals surface area contributed by atoms with Crippen LogP contribution < -0.4 is 15.1 Å². The Morgan fingerprint density at radius 2 is 1.92 bits per heavy atom. The largest absolute Gasteiger partial charge is 0.468 e. The molecule has 0 radical (unpaired) electrons. The summed E-state index contributed by atoms with van der Waals surface area (Å²) in [7, 11) is 1.60. The molecule has 2 heterocycles. The van der Waals surface area contributed by atoms with Crippen LogP contribution in [0.15, 0.2) is 18.2 Å². The van der Waals surface area contributed by atoms with Crippen molar-refractivity contribution >= 4 is 40.8 Å². The van der Waals surface area contributed by atoms with E-state index in [-0.39, 0.29) is 18.8 Å². The van der Waals surface area contributed by atoms with Gasteiger partial charge in [-0.1, -0.05) is 0 Å². The molecule has 0 aliphatic carbocycles. The fraction of sp³-hybridized carbons (Fsp3) is 0.591. The van der Waals surface area contributed by atoms with Crippen LogP contribution >= 0.6 is 12.2 Å². The molecule has 0 aromatic heterocycles. The number of rotatable bonds is 11. The molecule has 0 unspecified atom stereocenters. The number of cyclic esters (lactones) is 1. The minimum Gasteiger partial charge on any atom is -0.468 e. The predicted molar refractivity (Wildman–Crippen MR) is 128 cm³/mol. The van der Waals surface area contributed by atoms with Crippen molar-refractivity contribution in [1.82, 2.24) is 10.2 Å². The summed E-state index contributed by atoms with van der Waals surface area (Å²) < 4.78 is 60.5. The van der Waals surface area contributed by atoms with Crippen molar-refractivity contribution in [2.24, 2.45) is 0 Å². The summed E-state index contributed by atoms with van der Waals surface area (Å²) in [4.78, 5) is 28.2. The monoisotopic (exact) mass is 534 g/mol. The van der Waals surface area contributed by atoms with E-state index in [1.54, 1.807) is 19.2 Å². The second kappa shape index (κ2) is 13.5. The number of nitrogens with one attached hydrogen (secondary N) is 1. The van der Waals surface area contributed by atoms with Crippen LogP contribution in [0.2, 0.25) is 0 Å². The molecule has 2 saturated heterocycles. The number of ether oxygens (including phenoxy) is 4. The van der Waals surface area contributed by atoms with E-state index in [1.165, 1.54) is 11.0 Å². The number of halogens is 3. The highest BCUT2D eigenvalue weighted by Crippen LogP contribution is 2.28. The molecule has 1 atom stereocenters. The van der Waals surface area contributed by atoms with Crippen LogP contribution in [-0.2, 0) is 23.7 Å². The standard InChI is InChI=1S/C22H29F3N4O6S/c1-32-8-9-33-10-11-34-22(36)28-6-4-27(5-7-28)18-3-2-15(12-17(18)23)29-14-16(35-21(29)31)13-26-20(30)19(24)25/h2-3,12,16,19H,4-11,13-14H2,1H3,(H,26,30)/t16-/m0/s1. The van der Waals surface area contributed by atoms with E-state index >= 15 is 0 Å². The number of hydrogen-bond acceptors (Lipinski definition) is 8. The first-order valence-corrected chi connectivity index (χ1v) is 11.8. The van der Waals surface area contributed by atoms with Crippen LogP contribution in [0.4, 0.5) is 29.3 Å². The van der Waals surface area contributed by atoms with E-state index < -0.39 is 30.3 Å². The summed E-state index contributed by atoms with van der Waals surface area (Å²) in [5.41, 5.74) is 0.648. The predicted octanol–water partition coefficient (Wildman–Crippen LogP) is 1.62. The van der Waals surface area contributed by atoms with Crippen LogP contribution in [0, 0.1) is 5.82 Å². The summed E-state index contributed by atoms with van der Waals surface area (Å²) in [6.45, 7) is 3.59. The molecule has 0 spiro atoms. The average molecular weight is 535 g/mol. The molecule has 1 aromatic rings. The number of benzene rings is 1. The smallest absolute Gasteiger partial charge is 0.414 e. The van der Waals surface area contributed by atoms with Crippen LogP contribution in [-0.4, -0.2) is 107 Å². The fourth-order valence-electron chi connectivity index (χ4n) is 3.70. The normalized spacial score (nSPS) is 18.0. The van der Waals surface area contributed by atoms with Crippen molar-refractivity contribution < 1.29 is 41.7 Å². The lowest BCUT2D eigenvalue weighted by atomic mass is 10.2. The van der Waals surface area contributed by atoms with Crippen LogP contribution in [0.5, 0.6) is 0 Å². The van der Waals surface area contributed by atoms with Gasteiger partial charge >= 0.3 is 12.5 Å². The third-order valence-corrected chi connectivity index (χ3v) is 5.96. The highest BCUT2D eigenvalue weighted by molar-refractivity contribution is 7.80. The average Bonchev–Trinajstić information content (AvgIpc) is 3.24. The number of thiocarbonyl (C=S) groups is 1. The van der Waals surface area contributed by atoms with Crippen molar-refractivity contribution in [2.75, 3.05) is 82.6 Å². The number of piperazine rings is 1.